The molecule has 1 atom stereocenters. The van der Waals surface area contributed by atoms with Crippen LogP contribution in [0.25, 0.3) is 0 Å². The number of carbonyl (C=O) groups is 7. The Morgan fingerprint density at radius 3 is 1.50 bits per heavy atom. The molecule has 14 heteroatoms. The lowest BCUT2D eigenvalue weighted by Gasteiger charge is -2.18. The largest absolute Gasteiger partial charge is 0.423 e. The van der Waals surface area contributed by atoms with Crippen LogP contribution in [0.3, 0.4) is 0 Å². The number of hydrogen-bond donors (Lipinski definition) is 3. The van der Waals surface area contributed by atoms with Crippen LogP contribution in [0.4, 0.5) is 0 Å². The van der Waals surface area contributed by atoms with E-state index in [0.717, 1.165) is 27.7 Å². The van der Waals surface area contributed by atoms with Crippen molar-refractivity contribution in [3.8, 4) is 23.0 Å². The summed E-state index contributed by atoms with van der Waals surface area (Å²) >= 11 is 0. The van der Waals surface area contributed by atoms with Gasteiger partial charge in [0.05, 0.1) is 11.1 Å². The highest BCUT2D eigenvalue weighted by Crippen LogP contribution is 2.33. The minimum Gasteiger partial charge on any atom is -0.423 e. The van der Waals surface area contributed by atoms with E-state index in [1.165, 1.54) is 36.4 Å². The molecule has 0 unspecified atom stereocenters. The van der Waals surface area contributed by atoms with Gasteiger partial charge in [-0.25, -0.2) is 0 Å². The summed E-state index contributed by atoms with van der Waals surface area (Å²) in [5.74, 6) is -6.55. The van der Waals surface area contributed by atoms with Crippen LogP contribution in [0.15, 0.2) is 36.4 Å². The number of nitrogens with one attached hydrogen (secondary N) is 2. The topological polar surface area (TPSA) is 206 Å². The van der Waals surface area contributed by atoms with E-state index in [4.69, 9.17) is 24.7 Å². The summed E-state index contributed by atoms with van der Waals surface area (Å²) in [5.41, 5.74) is 5.06. The van der Waals surface area contributed by atoms with Gasteiger partial charge in [0.1, 0.15) is 6.04 Å². The van der Waals surface area contributed by atoms with Gasteiger partial charge in [0, 0.05) is 34.2 Å². The monoisotopic (exact) mass is 557 g/mol. The van der Waals surface area contributed by atoms with Crippen LogP contribution in [0.2, 0.25) is 0 Å². The number of benzene rings is 2. The van der Waals surface area contributed by atoms with Crippen molar-refractivity contribution in [3.05, 3.63) is 47.5 Å². The highest BCUT2D eigenvalue weighted by Gasteiger charge is 2.25. The molecule has 0 saturated carbocycles. The third-order valence-corrected chi connectivity index (χ3v) is 4.81. The molecule has 40 heavy (non-hydrogen) atoms. The van der Waals surface area contributed by atoms with Gasteiger partial charge in [-0.05, 0) is 30.7 Å². The zero-order chi connectivity index (χ0) is 30.0. The average Bonchev–Trinajstić information content (AvgIpc) is 2.84. The van der Waals surface area contributed by atoms with Crippen LogP contribution in [-0.2, 0) is 24.0 Å². The van der Waals surface area contributed by atoms with Crippen molar-refractivity contribution in [1.82, 2.24) is 10.6 Å². The molecular formula is C26H27N3O11. The van der Waals surface area contributed by atoms with Gasteiger partial charge in [-0.1, -0.05) is 12.1 Å². The molecular weight excluding hydrogens is 530 g/mol. The first-order chi connectivity index (χ1) is 18.8. The summed E-state index contributed by atoms with van der Waals surface area (Å²) in [6, 6.07) is 6.69. The summed E-state index contributed by atoms with van der Waals surface area (Å²) in [4.78, 5) is 83.7. The average molecular weight is 558 g/mol. The van der Waals surface area contributed by atoms with E-state index in [9.17, 15) is 33.6 Å². The number of primary amides is 1. The molecule has 14 nitrogen and oxygen atoms in total. The molecule has 2 aromatic carbocycles. The second-order valence-electron chi connectivity index (χ2n) is 8.11. The fourth-order valence-electron chi connectivity index (χ4n) is 3.30. The molecule has 212 valence electrons. The second-order valence-corrected chi connectivity index (χ2v) is 8.11. The maximum Gasteiger partial charge on any atom is 0.308 e. The van der Waals surface area contributed by atoms with Crippen molar-refractivity contribution in [1.29, 1.82) is 0 Å². The van der Waals surface area contributed by atoms with E-state index < -0.39 is 47.6 Å². The van der Waals surface area contributed by atoms with Crippen LogP contribution in [0.1, 0.15) is 54.8 Å². The summed E-state index contributed by atoms with van der Waals surface area (Å²) < 4.78 is 20.1. The number of ether oxygens (including phenoxy) is 4. The first kappa shape index (κ1) is 31.0. The quantitative estimate of drug-likeness (QED) is 0.260. The second kappa shape index (κ2) is 14.0. The Kier molecular flexibility index (Phi) is 10.9. The van der Waals surface area contributed by atoms with Gasteiger partial charge in [-0.15, -0.1) is 0 Å². The Balaban J connectivity index is 2.19. The Hall–Kier alpha value is -5.27. The first-order valence-corrected chi connectivity index (χ1v) is 11.7. The maximum absolute atomic E-state index is 13.0. The first-order valence-electron chi connectivity index (χ1n) is 11.7. The molecule has 0 aliphatic heterocycles. The molecule has 0 bridgehead atoms. The smallest absolute Gasteiger partial charge is 0.308 e. The maximum atomic E-state index is 13.0. The van der Waals surface area contributed by atoms with E-state index in [2.05, 4.69) is 10.6 Å². The van der Waals surface area contributed by atoms with Gasteiger partial charge in [0.15, 0.2) is 23.0 Å². The predicted octanol–water partition coefficient (Wildman–Crippen LogP) is 0.792. The Morgan fingerprint density at radius 1 is 0.675 bits per heavy atom. The van der Waals surface area contributed by atoms with Crippen molar-refractivity contribution >= 4 is 41.6 Å². The number of amides is 3. The van der Waals surface area contributed by atoms with E-state index in [1.54, 1.807) is 0 Å². The standard InChI is InChI=1S/C26H27N3O11/c1-13(30)37-20-9-5-7-17(22(20)39-15(3)32)25(35)28-12-11-19(24(27)34)29-26(36)18-8-6-10-21(38-14(2)31)23(18)40-16(4)33/h5-10,19H,11-12H2,1-4H3,(H2,27,34)(H,28,35)(H,29,36)/t19-/m1/s1. The summed E-state index contributed by atoms with van der Waals surface area (Å²) in [6.07, 6.45) is -0.175. The van der Waals surface area contributed by atoms with Crippen LogP contribution in [-0.4, -0.2) is 54.2 Å². The highest BCUT2D eigenvalue weighted by atomic mass is 16.6. The molecule has 0 spiro atoms. The van der Waals surface area contributed by atoms with Gasteiger partial charge >= 0.3 is 23.9 Å². The van der Waals surface area contributed by atoms with Crippen LogP contribution < -0.4 is 35.3 Å². The normalized spacial score (nSPS) is 10.9. The molecule has 2 rings (SSSR count). The molecule has 0 aliphatic carbocycles. The van der Waals surface area contributed by atoms with Crippen molar-refractivity contribution in [2.24, 2.45) is 5.73 Å². The van der Waals surface area contributed by atoms with Gasteiger partial charge < -0.3 is 35.3 Å². The highest BCUT2D eigenvalue weighted by molar-refractivity contribution is 6.01. The van der Waals surface area contributed by atoms with Crippen LogP contribution in [0, 0.1) is 0 Å². The molecule has 0 fully saturated rings. The van der Waals surface area contributed by atoms with Gasteiger partial charge in [-0.2, -0.15) is 0 Å². The summed E-state index contributed by atoms with van der Waals surface area (Å²) in [7, 11) is 0. The molecule has 0 saturated heterocycles. The molecule has 3 amide bonds. The number of hydrogen-bond acceptors (Lipinski definition) is 11. The zero-order valence-corrected chi connectivity index (χ0v) is 22.0. The summed E-state index contributed by atoms with van der Waals surface area (Å²) in [5, 5.41) is 4.89. The minimum atomic E-state index is -1.30. The molecule has 4 N–H and O–H groups in total. The lowest BCUT2D eigenvalue weighted by atomic mass is 10.1. The number of nitrogens with two attached hydrogens (primary N) is 1. The van der Waals surface area contributed by atoms with Crippen molar-refractivity contribution < 1.29 is 52.5 Å². The predicted molar refractivity (Wildman–Crippen MR) is 136 cm³/mol. The molecule has 0 radical (unpaired) electrons. The SMILES string of the molecule is CC(=O)Oc1cccc(C(=O)NCC[C@@H](NC(=O)c2cccc(OC(C)=O)c2OC(C)=O)C(N)=O)c1OC(C)=O. The van der Waals surface area contributed by atoms with E-state index >= 15 is 0 Å². The third kappa shape index (κ3) is 8.93. The fraction of sp³-hybridized carbons (Fsp3) is 0.269. The third-order valence-electron chi connectivity index (χ3n) is 4.81. The number of carbonyl (C=O) groups excluding carboxylic acids is 7. The van der Waals surface area contributed by atoms with E-state index in [1.807, 2.05) is 0 Å². The Morgan fingerprint density at radius 2 is 1.10 bits per heavy atom. The molecule has 2 aromatic rings. The Bertz CT molecular complexity index is 1350. The number of rotatable bonds is 11. The minimum absolute atomic E-state index is 0.137. The lowest BCUT2D eigenvalue weighted by Crippen LogP contribution is -2.46. The van der Waals surface area contributed by atoms with Crippen molar-refractivity contribution in [3.63, 3.8) is 0 Å². The van der Waals surface area contributed by atoms with Crippen molar-refractivity contribution in [2.75, 3.05) is 6.54 Å². The lowest BCUT2D eigenvalue weighted by molar-refractivity contribution is -0.134. The number of esters is 4. The van der Waals surface area contributed by atoms with Crippen LogP contribution >= 0.6 is 0 Å². The Labute approximate surface area is 228 Å². The summed E-state index contributed by atoms with van der Waals surface area (Å²) in [6.45, 7) is 4.24. The molecule has 0 aliphatic rings. The van der Waals surface area contributed by atoms with Gasteiger partial charge in [0.25, 0.3) is 11.8 Å². The van der Waals surface area contributed by atoms with E-state index in [0.29, 0.717) is 0 Å². The molecule has 0 heterocycles. The zero-order valence-electron chi connectivity index (χ0n) is 22.0. The van der Waals surface area contributed by atoms with Crippen LogP contribution in [0.5, 0.6) is 23.0 Å². The number of para-hydroxylation sites is 2. The molecule has 0 aromatic heterocycles. The van der Waals surface area contributed by atoms with Gasteiger partial charge in [0.2, 0.25) is 5.91 Å². The fourth-order valence-corrected chi connectivity index (χ4v) is 3.30. The van der Waals surface area contributed by atoms with E-state index in [-0.39, 0.29) is 47.1 Å². The van der Waals surface area contributed by atoms with Gasteiger partial charge in [-0.3, -0.25) is 33.6 Å². The van der Waals surface area contributed by atoms with Crippen molar-refractivity contribution in [2.45, 2.75) is 40.2 Å².